The van der Waals surface area contributed by atoms with Crippen LogP contribution in [0.1, 0.15) is 62.9 Å². The lowest BCUT2D eigenvalue weighted by Crippen LogP contribution is -2.34. The number of aromatic nitrogens is 3. The van der Waals surface area contributed by atoms with Gasteiger partial charge in [0, 0.05) is 37.0 Å². The fraction of sp³-hybridized carbons (Fsp3) is 0.455. The number of pyridine rings is 1. The Balaban J connectivity index is 1.45. The molecule has 1 fully saturated rings. The summed E-state index contributed by atoms with van der Waals surface area (Å²) in [5, 5.41) is 7.94. The van der Waals surface area contributed by atoms with Crippen molar-refractivity contribution >= 4 is 22.5 Å². The number of anilines is 1. The molecule has 1 atom stereocenters. The molecule has 3 heterocycles. The molecule has 7 heteroatoms. The Labute approximate surface area is 170 Å². The lowest BCUT2D eigenvalue weighted by atomic mass is 9.97. The highest BCUT2D eigenvalue weighted by molar-refractivity contribution is 5.92. The van der Waals surface area contributed by atoms with Gasteiger partial charge in [0.2, 0.25) is 11.8 Å². The van der Waals surface area contributed by atoms with Crippen molar-refractivity contribution in [3.63, 3.8) is 0 Å². The minimum absolute atomic E-state index is 0.0738. The van der Waals surface area contributed by atoms with Crippen LogP contribution in [-0.2, 0) is 11.3 Å². The molecule has 2 aromatic heterocycles. The number of piperidine rings is 1. The second-order valence-corrected chi connectivity index (χ2v) is 8.11. The molecule has 1 N–H and O–H groups in total. The zero-order chi connectivity index (χ0) is 20.4. The van der Waals surface area contributed by atoms with E-state index in [4.69, 9.17) is 9.51 Å². The first-order chi connectivity index (χ1) is 14.0. The molecule has 152 valence electrons. The highest BCUT2D eigenvalue weighted by Crippen LogP contribution is 2.28. The van der Waals surface area contributed by atoms with Crippen LogP contribution in [0.25, 0.3) is 10.9 Å². The number of likely N-dealkylation sites (tertiary alicyclic amines) is 1. The molecule has 1 aliphatic heterocycles. The van der Waals surface area contributed by atoms with Gasteiger partial charge in [-0.3, -0.25) is 14.7 Å². The molecule has 1 saturated heterocycles. The summed E-state index contributed by atoms with van der Waals surface area (Å²) < 4.78 is 5.53. The number of carbonyl (C=O) groups is 1. The van der Waals surface area contributed by atoms with Crippen molar-refractivity contribution < 1.29 is 9.32 Å². The number of hydrogen-bond acceptors (Lipinski definition) is 6. The fourth-order valence-corrected chi connectivity index (χ4v) is 3.81. The molecule has 0 spiro atoms. The van der Waals surface area contributed by atoms with Crippen LogP contribution < -0.4 is 5.32 Å². The van der Waals surface area contributed by atoms with Crippen molar-refractivity contribution in [1.29, 1.82) is 0 Å². The topological polar surface area (TPSA) is 84.2 Å². The van der Waals surface area contributed by atoms with E-state index in [1.165, 1.54) is 6.92 Å². The van der Waals surface area contributed by atoms with Crippen LogP contribution in [0, 0.1) is 0 Å². The summed E-state index contributed by atoms with van der Waals surface area (Å²) in [6.07, 6.45) is 2.19. The van der Waals surface area contributed by atoms with Crippen molar-refractivity contribution in [1.82, 2.24) is 20.0 Å². The number of carbonyl (C=O) groups excluding carboxylic acids is 1. The normalized spacial score (nSPS) is 17.7. The number of nitrogens with zero attached hydrogens (tertiary/aromatic N) is 4. The molecule has 4 rings (SSSR count). The number of benzene rings is 1. The van der Waals surface area contributed by atoms with Gasteiger partial charge in [-0.1, -0.05) is 25.1 Å². The summed E-state index contributed by atoms with van der Waals surface area (Å²) in [5.41, 5.74) is 2.77. The van der Waals surface area contributed by atoms with Crippen LogP contribution in [0.4, 0.5) is 5.69 Å². The van der Waals surface area contributed by atoms with Crippen molar-refractivity contribution in [2.75, 3.05) is 18.4 Å². The van der Waals surface area contributed by atoms with E-state index in [-0.39, 0.29) is 17.7 Å². The van der Waals surface area contributed by atoms with E-state index in [9.17, 15) is 4.79 Å². The Morgan fingerprint density at radius 1 is 1.28 bits per heavy atom. The van der Waals surface area contributed by atoms with Crippen molar-refractivity contribution in [2.24, 2.45) is 0 Å². The number of hydrogen-bond donors (Lipinski definition) is 1. The molecule has 0 aliphatic carbocycles. The lowest BCUT2D eigenvalue weighted by Gasteiger charge is -2.30. The average Bonchev–Trinajstić information content (AvgIpc) is 3.18. The van der Waals surface area contributed by atoms with Crippen LogP contribution in [0.3, 0.4) is 0 Å². The molecule has 1 aromatic carbocycles. The molecule has 0 bridgehead atoms. The van der Waals surface area contributed by atoms with Gasteiger partial charge in [-0.15, -0.1) is 0 Å². The van der Waals surface area contributed by atoms with Gasteiger partial charge < -0.3 is 9.84 Å². The van der Waals surface area contributed by atoms with Crippen LogP contribution >= 0.6 is 0 Å². The second kappa shape index (κ2) is 8.29. The van der Waals surface area contributed by atoms with E-state index in [0.717, 1.165) is 66.5 Å². The monoisotopic (exact) mass is 393 g/mol. The minimum atomic E-state index is -0.0738. The maximum Gasteiger partial charge on any atom is 0.231 e. The SMILES string of the molecule is CC(=O)Nc1ccc2nc(CN3CCCC(c4nc(C(C)C)no4)C3)ccc2c1. The lowest BCUT2D eigenvalue weighted by molar-refractivity contribution is -0.114. The van der Waals surface area contributed by atoms with E-state index in [2.05, 4.69) is 46.3 Å². The average molecular weight is 393 g/mol. The second-order valence-electron chi connectivity index (χ2n) is 8.11. The molecule has 1 aliphatic rings. The summed E-state index contributed by atoms with van der Waals surface area (Å²) >= 11 is 0. The van der Waals surface area contributed by atoms with Gasteiger partial charge in [-0.2, -0.15) is 4.98 Å². The Kier molecular flexibility index (Phi) is 5.58. The number of rotatable bonds is 5. The zero-order valence-corrected chi connectivity index (χ0v) is 17.2. The molecule has 1 unspecified atom stereocenters. The Bertz CT molecular complexity index is 1010. The molecule has 29 heavy (non-hydrogen) atoms. The first kappa shape index (κ1) is 19.5. The van der Waals surface area contributed by atoms with E-state index in [0.29, 0.717) is 0 Å². The van der Waals surface area contributed by atoms with Gasteiger partial charge in [-0.05, 0) is 43.7 Å². The third-order valence-electron chi connectivity index (χ3n) is 5.28. The van der Waals surface area contributed by atoms with Gasteiger partial charge in [-0.25, -0.2) is 0 Å². The van der Waals surface area contributed by atoms with Crippen LogP contribution in [-0.4, -0.2) is 39.0 Å². The van der Waals surface area contributed by atoms with Gasteiger partial charge in [0.05, 0.1) is 17.1 Å². The molecular weight excluding hydrogens is 366 g/mol. The smallest absolute Gasteiger partial charge is 0.231 e. The largest absolute Gasteiger partial charge is 0.339 e. The molecule has 0 saturated carbocycles. The van der Waals surface area contributed by atoms with E-state index in [1.807, 2.05) is 18.2 Å². The standard InChI is InChI=1S/C22H27N5O2/c1-14(2)21-25-22(29-26-21)17-5-4-10-27(12-17)13-19-7-6-16-11-18(23-15(3)28)8-9-20(16)24-19/h6-9,11,14,17H,4-5,10,12-13H2,1-3H3,(H,23,28). The van der Waals surface area contributed by atoms with Crippen molar-refractivity contribution in [3.05, 3.63) is 47.7 Å². The van der Waals surface area contributed by atoms with E-state index >= 15 is 0 Å². The summed E-state index contributed by atoms with van der Waals surface area (Å²) in [7, 11) is 0. The van der Waals surface area contributed by atoms with Gasteiger partial charge in [0.1, 0.15) is 0 Å². The first-order valence-electron chi connectivity index (χ1n) is 10.2. The zero-order valence-electron chi connectivity index (χ0n) is 17.2. The molecule has 3 aromatic rings. The quantitative estimate of drug-likeness (QED) is 0.703. The summed E-state index contributed by atoms with van der Waals surface area (Å²) in [4.78, 5) is 23.1. The van der Waals surface area contributed by atoms with Gasteiger partial charge in [0.15, 0.2) is 5.82 Å². The first-order valence-corrected chi connectivity index (χ1v) is 10.2. The molecule has 7 nitrogen and oxygen atoms in total. The molecule has 1 amide bonds. The van der Waals surface area contributed by atoms with E-state index in [1.54, 1.807) is 0 Å². The predicted octanol–water partition coefficient (Wildman–Crippen LogP) is 4.08. The highest BCUT2D eigenvalue weighted by atomic mass is 16.5. The predicted molar refractivity (Wildman–Crippen MR) is 112 cm³/mol. The number of nitrogens with one attached hydrogen (secondary N) is 1. The fourth-order valence-electron chi connectivity index (χ4n) is 3.81. The number of fused-ring (bicyclic) bond motifs is 1. The maximum absolute atomic E-state index is 11.2. The maximum atomic E-state index is 11.2. The third kappa shape index (κ3) is 4.62. The van der Waals surface area contributed by atoms with Crippen LogP contribution in [0.15, 0.2) is 34.9 Å². The molecular formula is C22H27N5O2. The number of amides is 1. The minimum Gasteiger partial charge on any atom is -0.339 e. The van der Waals surface area contributed by atoms with Gasteiger partial charge in [0.25, 0.3) is 0 Å². The van der Waals surface area contributed by atoms with Gasteiger partial charge >= 0.3 is 0 Å². The summed E-state index contributed by atoms with van der Waals surface area (Å²) in [6, 6.07) is 9.92. The van der Waals surface area contributed by atoms with Crippen molar-refractivity contribution in [2.45, 2.75) is 52.0 Å². The highest BCUT2D eigenvalue weighted by Gasteiger charge is 2.26. The Morgan fingerprint density at radius 2 is 2.14 bits per heavy atom. The summed E-state index contributed by atoms with van der Waals surface area (Å²) in [5.74, 6) is 2.03. The van der Waals surface area contributed by atoms with E-state index < -0.39 is 0 Å². The van der Waals surface area contributed by atoms with Crippen LogP contribution in [0.2, 0.25) is 0 Å². The Hall–Kier alpha value is -2.80. The Morgan fingerprint density at radius 3 is 2.90 bits per heavy atom. The van der Waals surface area contributed by atoms with Crippen molar-refractivity contribution in [3.8, 4) is 0 Å². The molecule has 0 radical (unpaired) electrons. The van der Waals surface area contributed by atoms with Crippen LogP contribution in [0.5, 0.6) is 0 Å². The third-order valence-corrected chi connectivity index (χ3v) is 5.28. The summed E-state index contributed by atoms with van der Waals surface area (Å²) in [6.45, 7) is 8.41.